The molecule has 248 valence electrons. The molecule has 5 aliphatic heterocycles. The monoisotopic (exact) mass is 679 g/mol. The number of piperidine rings is 2. The Balaban J connectivity index is 1.49. The molecule has 8 rings (SSSR count). The summed E-state index contributed by atoms with van der Waals surface area (Å²) in [7, 11) is 0. The molecule has 0 amide bonds. The number of halogens is 8. The zero-order chi connectivity index (χ0) is 35.5. The third-order valence-electron chi connectivity index (χ3n) is 9.12. The van der Waals surface area contributed by atoms with Crippen LogP contribution in [-0.4, -0.2) is 81.0 Å². The number of phenols is 1. The molecule has 0 aliphatic carbocycles. The average Bonchev–Trinajstić information content (AvgIpc) is 3.50. The Bertz CT molecular complexity index is 1900. The topological polar surface area (TPSA) is 95.8 Å². The minimum absolute atomic E-state index is 0.0900. The molecule has 46 heavy (non-hydrogen) atoms. The summed E-state index contributed by atoms with van der Waals surface area (Å²) in [5.74, 6) is -1.19. The van der Waals surface area contributed by atoms with Gasteiger partial charge in [0.25, 0.3) is 5.56 Å². The molecule has 1 aromatic carbocycles. The van der Waals surface area contributed by atoms with Gasteiger partial charge in [0.1, 0.15) is 35.5 Å². The second kappa shape index (κ2) is 10.8. The van der Waals surface area contributed by atoms with E-state index in [2.05, 4.69) is 15.3 Å². The molecule has 5 fully saturated rings. The lowest BCUT2D eigenvalue weighted by Gasteiger charge is -2.46. The highest BCUT2D eigenvalue weighted by molar-refractivity contribution is 6.31. The van der Waals surface area contributed by atoms with Crippen LogP contribution < -0.4 is 20.5 Å². The SMILES string of the molecule is [2H]C([2H])(Oc1nc(N2CC3CCC2CN3)c2cc(C(F)(F)F)n(-c3cc(O)cc(Cl)c3C(F)(F)F)c(=O)c2n1)[C@@]12CCCN1C[C@]([2H])(F)C2. The molecule has 2 unspecified atom stereocenters. The van der Waals surface area contributed by atoms with E-state index < -0.39 is 93.8 Å². The number of aromatic nitrogens is 3. The number of benzene rings is 1. The molecule has 2 bridgehead atoms. The lowest BCUT2D eigenvalue weighted by atomic mass is 9.93. The number of alkyl halides is 7. The first-order chi connectivity index (χ1) is 22.7. The van der Waals surface area contributed by atoms with E-state index in [1.54, 1.807) is 4.90 Å². The largest absolute Gasteiger partial charge is 0.508 e. The molecule has 9 nitrogen and oxygen atoms in total. The minimum atomic E-state index is -5.43. The van der Waals surface area contributed by atoms with Crippen molar-refractivity contribution in [3.63, 3.8) is 0 Å². The molecular weight excluding hydrogens is 649 g/mol. The Hall–Kier alpha value is -3.37. The Morgan fingerprint density at radius 2 is 1.93 bits per heavy atom. The van der Waals surface area contributed by atoms with Crippen LogP contribution in [0.3, 0.4) is 0 Å². The fourth-order valence-electron chi connectivity index (χ4n) is 7.10. The van der Waals surface area contributed by atoms with Crippen LogP contribution >= 0.6 is 11.6 Å². The second-order valence-corrected chi connectivity index (χ2v) is 12.4. The van der Waals surface area contributed by atoms with E-state index in [1.807, 2.05) is 0 Å². The number of anilines is 1. The van der Waals surface area contributed by atoms with E-state index in [4.69, 9.17) is 20.5 Å². The minimum Gasteiger partial charge on any atom is -0.508 e. The fourth-order valence-corrected chi connectivity index (χ4v) is 7.42. The van der Waals surface area contributed by atoms with Gasteiger partial charge in [-0.05, 0) is 44.4 Å². The first kappa shape index (κ1) is 27.7. The number of rotatable bonds is 5. The van der Waals surface area contributed by atoms with Crippen molar-refractivity contribution in [1.29, 1.82) is 0 Å². The van der Waals surface area contributed by atoms with Crippen LogP contribution in [0.25, 0.3) is 16.6 Å². The maximum absolute atomic E-state index is 14.9. The van der Waals surface area contributed by atoms with E-state index in [-0.39, 0.29) is 42.0 Å². The number of nitrogens with zero attached hydrogens (tertiary/aromatic N) is 5. The van der Waals surface area contributed by atoms with Gasteiger partial charge in [0.05, 0.1) is 31.3 Å². The summed E-state index contributed by atoms with van der Waals surface area (Å²) in [5.41, 5.74) is -9.27. The van der Waals surface area contributed by atoms with Gasteiger partial charge in [-0.2, -0.15) is 36.3 Å². The van der Waals surface area contributed by atoms with Crippen LogP contribution in [0.1, 0.15) is 47.5 Å². The van der Waals surface area contributed by atoms with E-state index in [1.165, 1.54) is 4.90 Å². The third kappa shape index (κ3) is 5.21. The van der Waals surface area contributed by atoms with E-state index in [0.29, 0.717) is 37.6 Å². The summed E-state index contributed by atoms with van der Waals surface area (Å²) in [4.78, 5) is 25.5. The van der Waals surface area contributed by atoms with Crippen LogP contribution in [0.4, 0.5) is 36.6 Å². The number of pyridine rings is 1. The average molecular weight is 680 g/mol. The molecule has 7 heterocycles. The smallest absolute Gasteiger partial charge is 0.431 e. The molecule has 0 saturated carbocycles. The van der Waals surface area contributed by atoms with Crippen LogP contribution in [-0.2, 0) is 12.4 Å². The van der Waals surface area contributed by atoms with Crippen molar-refractivity contribution in [2.45, 2.75) is 68.2 Å². The molecular formula is C29H28ClF7N6O3. The highest BCUT2D eigenvalue weighted by atomic mass is 35.5. The van der Waals surface area contributed by atoms with Gasteiger partial charge in [-0.3, -0.25) is 14.3 Å². The van der Waals surface area contributed by atoms with Crippen molar-refractivity contribution in [2.24, 2.45) is 0 Å². The van der Waals surface area contributed by atoms with Crippen molar-refractivity contribution in [3.8, 4) is 17.4 Å². The summed E-state index contributed by atoms with van der Waals surface area (Å²) < 4.78 is 133. The zero-order valence-corrected chi connectivity index (χ0v) is 24.5. The lowest BCUT2D eigenvalue weighted by Crippen LogP contribution is -2.61. The van der Waals surface area contributed by atoms with E-state index in [0.717, 1.165) is 6.42 Å². The van der Waals surface area contributed by atoms with Crippen molar-refractivity contribution in [3.05, 3.63) is 44.8 Å². The summed E-state index contributed by atoms with van der Waals surface area (Å²) in [6.07, 6.45) is -12.0. The number of hydrogen-bond donors (Lipinski definition) is 2. The molecule has 3 aromatic rings. The quantitative estimate of drug-likeness (QED) is 0.361. The standard InChI is InChI=1S/C29H28ClF7N6O3/c30-19-6-17(44)7-20(22(19)29(35,36)37)43-21(28(32,33)34)8-18-23(25(43)45)39-26(40-24(18)42-12-15-2-3-16(42)10-38-15)46-13-27-4-1-5-41(27)11-14(31)9-27/h6-8,14-16,38,44H,1-5,9-13H2/t14-,15?,16?,27+/m1/s1/i13D2,14D. The van der Waals surface area contributed by atoms with Crippen molar-refractivity contribution < 1.29 is 44.7 Å². The summed E-state index contributed by atoms with van der Waals surface area (Å²) in [6, 6.07) is -0.0413. The first-order valence-electron chi connectivity index (χ1n) is 16.0. The third-order valence-corrected chi connectivity index (χ3v) is 9.42. The zero-order valence-electron chi connectivity index (χ0n) is 26.8. The first-order valence-corrected chi connectivity index (χ1v) is 14.9. The molecule has 0 radical (unpaired) electrons. The molecule has 5 aliphatic rings. The molecule has 0 spiro atoms. The molecule has 4 atom stereocenters. The van der Waals surface area contributed by atoms with Crippen LogP contribution in [0.15, 0.2) is 23.0 Å². The van der Waals surface area contributed by atoms with Gasteiger partial charge >= 0.3 is 18.4 Å². The molecule has 2 aromatic heterocycles. The summed E-state index contributed by atoms with van der Waals surface area (Å²) in [6.45, 7) is -2.32. The van der Waals surface area contributed by atoms with Crippen molar-refractivity contribution in [1.82, 2.24) is 24.8 Å². The number of fused-ring (bicyclic) bond motifs is 5. The molecule has 2 N–H and O–H groups in total. The van der Waals surface area contributed by atoms with Crippen molar-refractivity contribution in [2.75, 3.05) is 37.6 Å². The van der Waals surface area contributed by atoms with E-state index in [9.17, 15) is 40.6 Å². The van der Waals surface area contributed by atoms with Crippen LogP contribution in [0.5, 0.6) is 11.8 Å². The van der Waals surface area contributed by atoms with Gasteiger partial charge in [0, 0.05) is 44.2 Å². The number of piperazine rings is 1. The van der Waals surface area contributed by atoms with Crippen LogP contribution in [0, 0.1) is 0 Å². The number of ether oxygens (including phenoxy) is 1. The maximum atomic E-state index is 14.9. The Morgan fingerprint density at radius 3 is 2.59 bits per heavy atom. The van der Waals surface area contributed by atoms with E-state index >= 15 is 0 Å². The van der Waals surface area contributed by atoms with Gasteiger partial charge in [-0.25, -0.2) is 4.39 Å². The molecule has 17 heteroatoms. The Labute approximate surface area is 266 Å². The predicted octanol–water partition coefficient (Wildman–Crippen LogP) is 5.07. The highest BCUT2D eigenvalue weighted by Gasteiger charge is 2.50. The lowest BCUT2D eigenvalue weighted by molar-refractivity contribution is -0.144. The number of hydrogen-bond acceptors (Lipinski definition) is 8. The number of nitrogens with one attached hydrogen (secondary N) is 1. The molecule has 5 saturated heterocycles. The fraction of sp³-hybridized carbons (Fsp3) is 0.552. The van der Waals surface area contributed by atoms with Gasteiger partial charge in [0.2, 0.25) is 0 Å². The summed E-state index contributed by atoms with van der Waals surface area (Å²) in [5, 5.41) is 11.7. The second-order valence-electron chi connectivity index (χ2n) is 12.0. The van der Waals surface area contributed by atoms with Gasteiger partial charge in [-0.15, -0.1) is 0 Å². The number of aromatic hydroxyl groups is 1. The predicted molar refractivity (Wildman–Crippen MR) is 153 cm³/mol. The Kier molecular flexibility index (Phi) is 6.53. The van der Waals surface area contributed by atoms with Crippen molar-refractivity contribution >= 4 is 28.3 Å². The van der Waals surface area contributed by atoms with Crippen LogP contribution in [0.2, 0.25) is 5.02 Å². The van der Waals surface area contributed by atoms with Gasteiger partial charge < -0.3 is 20.1 Å². The Morgan fingerprint density at radius 1 is 1.15 bits per heavy atom. The number of phenolic OH excluding ortho intramolecular Hbond substituents is 1. The van der Waals surface area contributed by atoms with Gasteiger partial charge in [-0.1, -0.05) is 11.6 Å². The summed E-state index contributed by atoms with van der Waals surface area (Å²) >= 11 is 5.77. The van der Waals surface area contributed by atoms with Gasteiger partial charge in [0.15, 0.2) is 0 Å². The normalized spacial score (nSPS) is 29.6. The highest BCUT2D eigenvalue weighted by Crippen LogP contribution is 2.44. The maximum Gasteiger partial charge on any atom is 0.431 e.